The maximum atomic E-state index is 11.5. The van der Waals surface area contributed by atoms with Gasteiger partial charge in [-0.15, -0.1) is 0 Å². The van der Waals surface area contributed by atoms with Crippen molar-refractivity contribution in [2.24, 2.45) is 0 Å². The van der Waals surface area contributed by atoms with Crippen LogP contribution in [0.2, 0.25) is 0 Å². The molecule has 1 heterocycles. The maximum Gasteiger partial charge on any atom is 0.263 e. The molecule has 0 saturated carbocycles. The van der Waals surface area contributed by atoms with Gasteiger partial charge in [0.05, 0.1) is 12.0 Å². The summed E-state index contributed by atoms with van der Waals surface area (Å²) in [5.74, 6) is 0.708. The van der Waals surface area contributed by atoms with Crippen molar-refractivity contribution in [3.63, 3.8) is 0 Å². The number of thiocarbonyl (C=S) groups is 1. The van der Waals surface area contributed by atoms with Gasteiger partial charge in [-0.2, -0.15) is 0 Å². The Balaban J connectivity index is 2.30. The average molecular weight is 265 g/mol. The van der Waals surface area contributed by atoms with E-state index in [-0.39, 0.29) is 5.91 Å². The Morgan fingerprint density at radius 1 is 1.47 bits per heavy atom. The number of benzene rings is 1. The molecule has 3 nitrogen and oxygen atoms in total. The molecule has 5 heteroatoms. The van der Waals surface area contributed by atoms with Crippen LogP contribution in [0.1, 0.15) is 11.1 Å². The van der Waals surface area contributed by atoms with Gasteiger partial charge in [-0.3, -0.25) is 4.79 Å². The predicted molar refractivity (Wildman–Crippen MR) is 74.0 cm³/mol. The molecule has 1 saturated heterocycles. The lowest BCUT2D eigenvalue weighted by atomic mass is 10.1. The molecule has 1 aliphatic rings. The Bertz CT molecular complexity index is 523. The first kappa shape index (κ1) is 12.1. The molecular formula is C12H11NO2S2. The van der Waals surface area contributed by atoms with Gasteiger partial charge in [0, 0.05) is 0 Å². The minimum atomic E-state index is -0.131. The van der Waals surface area contributed by atoms with E-state index < -0.39 is 0 Å². The highest BCUT2D eigenvalue weighted by molar-refractivity contribution is 8.26. The molecule has 0 radical (unpaired) electrons. The van der Waals surface area contributed by atoms with Crippen LogP contribution in [0.3, 0.4) is 0 Å². The van der Waals surface area contributed by atoms with Gasteiger partial charge in [-0.05, 0) is 36.3 Å². The topological polar surface area (TPSA) is 38.3 Å². The van der Waals surface area contributed by atoms with Crippen LogP contribution in [0, 0.1) is 6.92 Å². The maximum absolute atomic E-state index is 11.5. The molecule has 1 fully saturated rings. The Morgan fingerprint density at radius 3 is 2.76 bits per heavy atom. The fourth-order valence-corrected chi connectivity index (χ4v) is 2.61. The summed E-state index contributed by atoms with van der Waals surface area (Å²) in [5.41, 5.74) is 2.00. The molecule has 88 valence electrons. The minimum Gasteiger partial charge on any atom is -0.496 e. The number of rotatable bonds is 2. The number of amides is 1. The summed E-state index contributed by atoms with van der Waals surface area (Å²) < 4.78 is 5.69. The Kier molecular flexibility index (Phi) is 3.49. The van der Waals surface area contributed by atoms with Crippen molar-refractivity contribution in [3.8, 4) is 5.75 Å². The molecule has 1 amide bonds. The highest BCUT2D eigenvalue weighted by Crippen LogP contribution is 2.27. The molecule has 0 aromatic heterocycles. The molecule has 0 atom stereocenters. The summed E-state index contributed by atoms with van der Waals surface area (Å²) in [6, 6.07) is 5.77. The molecule has 1 N–H and O–H groups in total. The first-order chi connectivity index (χ1) is 8.10. The zero-order chi connectivity index (χ0) is 12.4. The van der Waals surface area contributed by atoms with E-state index in [4.69, 9.17) is 17.0 Å². The van der Waals surface area contributed by atoms with Crippen LogP contribution >= 0.6 is 24.0 Å². The van der Waals surface area contributed by atoms with E-state index in [9.17, 15) is 4.79 Å². The van der Waals surface area contributed by atoms with E-state index >= 15 is 0 Å². The standard InChI is InChI=1S/C12H11NO2S2/c1-7-5-8(3-4-9(7)15-2)6-10-11(14)13-12(16)17-10/h3-6H,1-2H3,(H,13,14,16). The summed E-state index contributed by atoms with van der Waals surface area (Å²) in [4.78, 5) is 12.1. The van der Waals surface area contributed by atoms with Crippen LogP contribution in [-0.4, -0.2) is 17.3 Å². The van der Waals surface area contributed by atoms with Gasteiger partial charge < -0.3 is 10.1 Å². The zero-order valence-corrected chi connectivity index (χ0v) is 11.1. The monoisotopic (exact) mass is 265 g/mol. The Morgan fingerprint density at radius 2 is 2.24 bits per heavy atom. The molecule has 0 aliphatic carbocycles. The van der Waals surface area contributed by atoms with Crippen LogP contribution in [0.25, 0.3) is 6.08 Å². The number of nitrogens with one attached hydrogen (secondary N) is 1. The van der Waals surface area contributed by atoms with Gasteiger partial charge in [0.1, 0.15) is 10.1 Å². The molecule has 0 spiro atoms. The van der Waals surface area contributed by atoms with Crippen LogP contribution in [0.5, 0.6) is 5.75 Å². The third kappa shape index (κ3) is 2.68. The lowest BCUT2D eigenvalue weighted by Gasteiger charge is -2.04. The number of methoxy groups -OCH3 is 1. The van der Waals surface area contributed by atoms with E-state index in [1.165, 1.54) is 11.8 Å². The molecule has 1 aliphatic heterocycles. The summed E-state index contributed by atoms with van der Waals surface area (Å²) in [7, 11) is 1.64. The van der Waals surface area contributed by atoms with Crippen molar-refractivity contribution < 1.29 is 9.53 Å². The second-order valence-corrected chi connectivity index (χ2v) is 5.30. The number of thioether (sulfide) groups is 1. The molecule has 1 aromatic carbocycles. The average Bonchev–Trinajstić information content (AvgIpc) is 2.58. The fourth-order valence-electron chi connectivity index (χ4n) is 1.56. The Hall–Kier alpha value is -1.33. The lowest BCUT2D eigenvalue weighted by molar-refractivity contribution is -0.115. The first-order valence-corrected chi connectivity index (χ1v) is 6.22. The third-order valence-electron chi connectivity index (χ3n) is 2.36. The van der Waals surface area contributed by atoms with Crippen LogP contribution in [0.4, 0.5) is 0 Å². The summed E-state index contributed by atoms with van der Waals surface area (Å²) in [5, 5.41) is 2.59. The number of ether oxygens (including phenoxy) is 1. The number of hydrogen-bond donors (Lipinski definition) is 1. The normalized spacial score (nSPS) is 17.4. The number of aryl methyl sites for hydroxylation is 1. The molecule has 2 rings (SSSR count). The number of carbonyl (C=O) groups excluding carboxylic acids is 1. The SMILES string of the molecule is COc1ccc(C=C2SC(=S)NC2=O)cc1C. The van der Waals surface area contributed by atoms with Gasteiger partial charge in [0.25, 0.3) is 5.91 Å². The summed E-state index contributed by atoms with van der Waals surface area (Å²) in [6.07, 6.45) is 1.83. The second kappa shape index (κ2) is 4.89. The van der Waals surface area contributed by atoms with Crippen molar-refractivity contribution in [1.29, 1.82) is 0 Å². The number of hydrogen-bond acceptors (Lipinski definition) is 4. The van der Waals surface area contributed by atoms with Crippen molar-refractivity contribution in [2.75, 3.05) is 7.11 Å². The van der Waals surface area contributed by atoms with Crippen molar-refractivity contribution in [1.82, 2.24) is 5.32 Å². The smallest absolute Gasteiger partial charge is 0.263 e. The summed E-state index contributed by atoms with van der Waals surface area (Å²) >= 11 is 6.21. The van der Waals surface area contributed by atoms with Gasteiger partial charge in [0.2, 0.25) is 0 Å². The first-order valence-electron chi connectivity index (χ1n) is 4.99. The molecular weight excluding hydrogens is 254 g/mol. The van der Waals surface area contributed by atoms with Gasteiger partial charge >= 0.3 is 0 Å². The van der Waals surface area contributed by atoms with Gasteiger partial charge in [-0.25, -0.2) is 0 Å². The van der Waals surface area contributed by atoms with Crippen molar-refractivity contribution >= 4 is 40.3 Å². The number of carbonyl (C=O) groups is 1. The van der Waals surface area contributed by atoms with E-state index in [0.29, 0.717) is 9.23 Å². The largest absolute Gasteiger partial charge is 0.496 e. The molecule has 0 unspecified atom stereocenters. The van der Waals surface area contributed by atoms with Crippen molar-refractivity contribution in [2.45, 2.75) is 6.92 Å². The highest BCUT2D eigenvalue weighted by Gasteiger charge is 2.21. The fraction of sp³-hybridized carbons (Fsp3) is 0.167. The van der Waals surface area contributed by atoms with E-state index in [1.54, 1.807) is 7.11 Å². The van der Waals surface area contributed by atoms with Crippen LogP contribution in [0.15, 0.2) is 23.1 Å². The van der Waals surface area contributed by atoms with Crippen molar-refractivity contribution in [3.05, 3.63) is 34.2 Å². The highest BCUT2D eigenvalue weighted by atomic mass is 32.2. The lowest BCUT2D eigenvalue weighted by Crippen LogP contribution is -2.17. The zero-order valence-electron chi connectivity index (χ0n) is 9.44. The molecule has 1 aromatic rings. The van der Waals surface area contributed by atoms with E-state index in [0.717, 1.165) is 16.9 Å². The quantitative estimate of drug-likeness (QED) is 0.658. The van der Waals surface area contributed by atoms with Crippen LogP contribution < -0.4 is 10.1 Å². The summed E-state index contributed by atoms with van der Waals surface area (Å²) in [6.45, 7) is 1.97. The second-order valence-electron chi connectivity index (χ2n) is 3.58. The van der Waals surface area contributed by atoms with Crippen LogP contribution in [-0.2, 0) is 4.79 Å². The van der Waals surface area contributed by atoms with E-state index in [1.807, 2.05) is 31.2 Å². The third-order valence-corrected chi connectivity index (χ3v) is 3.52. The predicted octanol–water partition coefficient (Wildman–Crippen LogP) is 2.49. The molecule has 17 heavy (non-hydrogen) atoms. The minimum absolute atomic E-state index is 0.131. The molecule has 0 bridgehead atoms. The van der Waals surface area contributed by atoms with Gasteiger partial charge in [0.15, 0.2) is 0 Å². The Labute approximate surface area is 109 Å². The van der Waals surface area contributed by atoms with Gasteiger partial charge in [-0.1, -0.05) is 30.0 Å². The van der Waals surface area contributed by atoms with E-state index in [2.05, 4.69) is 5.32 Å².